The van der Waals surface area contributed by atoms with E-state index in [0.717, 1.165) is 57.4 Å². The molecule has 2 amide bonds. The second-order valence-electron chi connectivity index (χ2n) is 7.72. The molecule has 2 saturated heterocycles. The molecule has 0 spiro atoms. The van der Waals surface area contributed by atoms with Crippen LogP contribution in [0.5, 0.6) is 0 Å². The Hall–Kier alpha value is -1.85. The zero-order chi connectivity index (χ0) is 17.2. The molecule has 1 saturated carbocycles. The molecule has 3 aliphatic rings. The molecule has 6 nitrogen and oxygen atoms in total. The highest BCUT2D eigenvalue weighted by Crippen LogP contribution is 2.40. The van der Waals surface area contributed by atoms with Gasteiger partial charge in [-0.1, -0.05) is 18.0 Å². The first-order valence-electron chi connectivity index (χ1n) is 9.77. The van der Waals surface area contributed by atoms with Crippen LogP contribution in [0, 0.1) is 5.92 Å². The first-order valence-corrected chi connectivity index (χ1v) is 9.77. The van der Waals surface area contributed by atoms with Gasteiger partial charge in [0.05, 0.1) is 5.92 Å². The number of hydrogen-bond donors (Lipinski definition) is 0. The molecule has 6 heteroatoms. The molecule has 3 heterocycles. The van der Waals surface area contributed by atoms with Crippen LogP contribution in [0.1, 0.15) is 73.5 Å². The van der Waals surface area contributed by atoms with E-state index in [1.165, 1.54) is 12.8 Å². The van der Waals surface area contributed by atoms with E-state index in [4.69, 9.17) is 4.52 Å². The molecule has 4 rings (SSSR count). The maximum Gasteiger partial charge on any atom is 0.276 e. The van der Waals surface area contributed by atoms with Gasteiger partial charge in [0.1, 0.15) is 5.76 Å². The second kappa shape index (κ2) is 7.18. The summed E-state index contributed by atoms with van der Waals surface area (Å²) >= 11 is 0. The summed E-state index contributed by atoms with van der Waals surface area (Å²) in [6.45, 7) is 2.96. The van der Waals surface area contributed by atoms with Gasteiger partial charge in [-0.05, 0) is 38.5 Å². The van der Waals surface area contributed by atoms with Gasteiger partial charge < -0.3 is 14.3 Å². The predicted octanol–water partition coefficient (Wildman–Crippen LogP) is 2.81. The second-order valence-corrected chi connectivity index (χ2v) is 7.72. The molecule has 25 heavy (non-hydrogen) atoms. The normalized spacial score (nSPS) is 24.9. The van der Waals surface area contributed by atoms with Crippen molar-refractivity contribution >= 4 is 11.8 Å². The number of carbonyl (C=O) groups is 2. The largest absolute Gasteiger partial charge is 0.360 e. The highest BCUT2D eigenvalue weighted by molar-refractivity contribution is 5.93. The van der Waals surface area contributed by atoms with Gasteiger partial charge in [0.15, 0.2) is 5.69 Å². The van der Waals surface area contributed by atoms with E-state index < -0.39 is 0 Å². The van der Waals surface area contributed by atoms with E-state index in [9.17, 15) is 9.59 Å². The fourth-order valence-corrected chi connectivity index (χ4v) is 4.02. The lowest BCUT2D eigenvalue weighted by molar-refractivity contribution is -0.136. The highest BCUT2D eigenvalue weighted by atomic mass is 16.5. The number of piperidine rings is 1. The van der Waals surface area contributed by atoms with E-state index in [-0.39, 0.29) is 17.7 Å². The number of nitrogens with zero attached hydrogens (tertiary/aromatic N) is 3. The molecule has 1 aromatic heterocycles. The molecule has 0 aromatic carbocycles. The van der Waals surface area contributed by atoms with E-state index in [0.29, 0.717) is 24.7 Å². The van der Waals surface area contributed by atoms with Crippen molar-refractivity contribution in [1.29, 1.82) is 0 Å². The molecule has 0 N–H and O–H groups in total. The van der Waals surface area contributed by atoms with Gasteiger partial charge in [-0.3, -0.25) is 9.59 Å². The predicted molar refractivity (Wildman–Crippen MR) is 92.2 cm³/mol. The minimum absolute atomic E-state index is 0.0643. The van der Waals surface area contributed by atoms with Gasteiger partial charge in [-0.15, -0.1) is 0 Å². The topological polar surface area (TPSA) is 66.7 Å². The Morgan fingerprint density at radius 3 is 2.40 bits per heavy atom. The Labute approximate surface area is 148 Å². The van der Waals surface area contributed by atoms with E-state index in [1.807, 2.05) is 4.90 Å². The summed E-state index contributed by atoms with van der Waals surface area (Å²) < 4.78 is 5.31. The Balaban J connectivity index is 1.39. The van der Waals surface area contributed by atoms with Crippen molar-refractivity contribution in [3.8, 4) is 0 Å². The van der Waals surface area contributed by atoms with Crippen molar-refractivity contribution in [3.63, 3.8) is 0 Å². The van der Waals surface area contributed by atoms with Crippen molar-refractivity contribution in [3.05, 3.63) is 17.5 Å². The third kappa shape index (κ3) is 3.72. The summed E-state index contributed by atoms with van der Waals surface area (Å²) in [6.07, 6.45) is 8.64. The van der Waals surface area contributed by atoms with Crippen LogP contribution in [0.15, 0.2) is 10.6 Å². The van der Waals surface area contributed by atoms with Gasteiger partial charge in [-0.25, -0.2) is 0 Å². The first-order chi connectivity index (χ1) is 12.2. The van der Waals surface area contributed by atoms with Crippen LogP contribution in [0.25, 0.3) is 0 Å². The Bertz CT molecular complexity index is 630. The van der Waals surface area contributed by atoms with Gasteiger partial charge >= 0.3 is 0 Å². The lowest BCUT2D eigenvalue weighted by Gasteiger charge is -2.34. The minimum Gasteiger partial charge on any atom is -0.360 e. The molecular weight excluding hydrogens is 318 g/mol. The molecule has 0 radical (unpaired) electrons. The summed E-state index contributed by atoms with van der Waals surface area (Å²) in [4.78, 5) is 29.4. The van der Waals surface area contributed by atoms with Crippen molar-refractivity contribution in [1.82, 2.24) is 15.0 Å². The lowest BCUT2D eigenvalue weighted by Crippen LogP contribution is -2.47. The molecular formula is C19H27N3O3. The third-order valence-corrected chi connectivity index (χ3v) is 5.70. The SMILES string of the molecule is O=C(c1cc(C2CC2)on1)N1CCC[C@H](C(=O)N2CCCCCC2)C1. The molecule has 136 valence electrons. The van der Waals surface area contributed by atoms with Crippen LogP contribution >= 0.6 is 0 Å². The standard InChI is InChI=1S/C19H27N3O3/c23-18(21-9-3-1-2-4-10-21)15-6-5-11-22(13-15)19(24)16-12-17(25-20-16)14-7-8-14/h12,14-15H,1-11,13H2/t15-/m0/s1. The monoisotopic (exact) mass is 345 g/mol. The van der Waals surface area contributed by atoms with E-state index in [1.54, 1.807) is 11.0 Å². The van der Waals surface area contributed by atoms with E-state index in [2.05, 4.69) is 5.16 Å². The average molecular weight is 345 g/mol. The maximum absolute atomic E-state index is 12.9. The van der Waals surface area contributed by atoms with Crippen LogP contribution in [0.3, 0.4) is 0 Å². The number of aromatic nitrogens is 1. The number of rotatable bonds is 3. The summed E-state index contributed by atoms with van der Waals surface area (Å²) in [5, 5.41) is 3.96. The number of carbonyl (C=O) groups excluding carboxylic acids is 2. The maximum atomic E-state index is 12.9. The van der Waals surface area contributed by atoms with Crippen LogP contribution in [0.4, 0.5) is 0 Å². The smallest absolute Gasteiger partial charge is 0.276 e. The summed E-state index contributed by atoms with van der Waals surface area (Å²) in [5.41, 5.74) is 0.393. The van der Waals surface area contributed by atoms with Gasteiger partial charge in [0.25, 0.3) is 5.91 Å². The molecule has 1 aliphatic carbocycles. The molecule has 1 aromatic rings. The Kier molecular flexibility index (Phi) is 4.77. The molecule has 0 unspecified atom stereocenters. The quantitative estimate of drug-likeness (QED) is 0.845. The Morgan fingerprint density at radius 2 is 1.68 bits per heavy atom. The van der Waals surface area contributed by atoms with E-state index >= 15 is 0 Å². The fraction of sp³-hybridized carbons (Fsp3) is 0.737. The summed E-state index contributed by atoms with van der Waals surface area (Å²) in [5.74, 6) is 1.36. The minimum atomic E-state index is -0.0935. The summed E-state index contributed by atoms with van der Waals surface area (Å²) in [7, 11) is 0. The first kappa shape index (κ1) is 16.6. The Morgan fingerprint density at radius 1 is 0.960 bits per heavy atom. The summed E-state index contributed by atoms with van der Waals surface area (Å²) in [6, 6.07) is 1.79. The van der Waals surface area contributed by atoms with Gasteiger partial charge in [-0.2, -0.15) is 0 Å². The van der Waals surface area contributed by atoms with Crippen LogP contribution in [0.2, 0.25) is 0 Å². The van der Waals surface area contributed by atoms with Crippen LogP contribution in [-0.4, -0.2) is 52.9 Å². The number of likely N-dealkylation sites (tertiary alicyclic amines) is 2. The van der Waals surface area contributed by atoms with Crippen molar-refractivity contribution in [2.24, 2.45) is 5.92 Å². The molecule has 3 fully saturated rings. The van der Waals surface area contributed by atoms with Crippen LogP contribution < -0.4 is 0 Å². The molecule has 1 atom stereocenters. The lowest BCUT2D eigenvalue weighted by atomic mass is 9.96. The van der Waals surface area contributed by atoms with Crippen molar-refractivity contribution in [2.45, 2.75) is 57.3 Å². The zero-order valence-corrected chi connectivity index (χ0v) is 14.8. The van der Waals surface area contributed by atoms with Gasteiger partial charge in [0.2, 0.25) is 5.91 Å². The molecule has 2 aliphatic heterocycles. The highest BCUT2D eigenvalue weighted by Gasteiger charge is 2.34. The zero-order valence-electron chi connectivity index (χ0n) is 14.8. The average Bonchev–Trinajstić information content (AvgIpc) is 3.44. The third-order valence-electron chi connectivity index (χ3n) is 5.70. The van der Waals surface area contributed by atoms with Crippen molar-refractivity contribution in [2.75, 3.05) is 26.2 Å². The fourth-order valence-electron chi connectivity index (χ4n) is 4.02. The van der Waals surface area contributed by atoms with Crippen molar-refractivity contribution < 1.29 is 14.1 Å². The van der Waals surface area contributed by atoms with Gasteiger partial charge in [0, 0.05) is 38.2 Å². The molecule has 0 bridgehead atoms. The number of hydrogen-bond acceptors (Lipinski definition) is 4. The van der Waals surface area contributed by atoms with Crippen LogP contribution in [-0.2, 0) is 4.79 Å². The number of amides is 2.